The number of benzene rings is 1. The largest absolute Gasteiger partial charge is 0.318 e. The third-order valence-electron chi connectivity index (χ3n) is 2.34. The Balaban J connectivity index is 2.50. The summed E-state index contributed by atoms with van der Waals surface area (Å²) >= 11 is 0. The molecule has 0 spiro atoms. The lowest BCUT2D eigenvalue weighted by Crippen LogP contribution is -2.21. The predicted molar refractivity (Wildman–Crippen MR) is 62.4 cm³/mol. The van der Waals surface area contributed by atoms with Crippen LogP contribution in [0.15, 0.2) is 43.0 Å². The van der Waals surface area contributed by atoms with Crippen LogP contribution in [-0.4, -0.2) is 5.78 Å². The molecule has 2 heteroatoms. The number of rotatable bonds is 6. The molecule has 0 saturated carbocycles. The topological polar surface area (TPSA) is 43.1 Å². The van der Waals surface area contributed by atoms with E-state index in [1.807, 2.05) is 36.4 Å². The van der Waals surface area contributed by atoms with Crippen molar-refractivity contribution in [3.8, 4) is 0 Å². The summed E-state index contributed by atoms with van der Waals surface area (Å²) < 4.78 is 0. The summed E-state index contributed by atoms with van der Waals surface area (Å²) in [6.45, 7) is 3.62. The zero-order valence-electron chi connectivity index (χ0n) is 8.86. The molecule has 1 atom stereocenters. The van der Waals surface area contributed by atoms with Crippen LogP contribution >= 0.6 is 0 Å². The van der Waals surface area contributed by atoms with E-state index < -0.39 is 6.04 Å². The summed E-state index contributed by atoms with van der Waals surface area (Å²) in [5, 5.41) is 0. The SMILES string of the molecule is C=CCCCC(=O)C(N)c1ccccc1. The normalized spacial score (nSPS) is 12.1. The summed E-state index contributed by atoms with van der Waals surface area (Å²) in [6, 6.07) is 9.00. The van der Waals surface area contributed by atoms with Crippen molar-refractivity contribution >= 4 is 5.78 Å². The Morgan fingerprint density at radius 3 is 2.67 bits per heavy atom. The smallest absolute Gasteiger partial charge is 0.154 e. The molecule has 0 aliphatic heterocycles. The van der Waals surface area contributed by atoms with Gasteiger partial charge in [-0.15, -0.1) is 6.58 Å². The third kappa shape index (κ3) is 3.68. The zero-order chi connectivity index (χ0) is 11.1. The van der Waals surface area contributed by atoms with Crippen molar-refractivity contribution in [1.29, 1.82) is 0 Å². The Morgan fingerprint density at radius 2 is 2.07 bits per heavy atom. The van der Waals surface area contributed by atoms with Crippen LogP contribution in [0.2, 0.25) is 0 Å². The van der Waals surface area contributed by atoms with E-state index in [2.05, 4.69) is 6.58 Å². The Kier molecular flexibility index (Phi) is 4.78. The van der Waals surface area contributed by atoms with E-state index in [9.17, 15) is 4.79 Å². The van der Waals surface area contributed by atoms with Gasteiger partial charge in [-0.1, -0.05) is 36.4 Å². The minimum absolute atomic E-state index is 0.100. The molecular formula is C13H17NO. The van der Waals surface area contributed by atoms with Gasteiger partial charge >= 0.3 is 0 Å². The molecule has 0 heterocycles. The average molecular weight is 203 g/mol. The lowest BCUT2D eigenvalue weighted by molar-refractivity contribution is -0.120. The molecule has 2 N–H and O–H groups in total. The van der Waals surface area contributed by atoms with Crippen LogP contribution in [0.5, 0.6) is 0 Å². The van der Waals surface area contributed by atoms with Gasteiger partial charge in [0, 0.05) is 6.42 Å². The second kappa shape index (κ2) is 6.14. The van der Waals surface area contributed by atoms with Gasteiger partial charge in [0.2, 0.25) is 0 Å². The number of carbonyl (C=O) groups is 1. The fourth-order valence-corrected chi connectivity index (χ4v) is 1.42. The molecule has 2 nitrogen and oxygen atoms in total. The summed E-state index contributed by atoms with van der Waals surface area (Å²) in [5.74, 6) is 0.100. The van der Waals surface area contributed by atoms with Crippen molar-refractivity contribution in [2.24, 2.45) is 5.73 Å². The van der Waals surface area contributed by atoms with Gasteiger partial charge in [-0.25, -0.2) is 0 Å². The molecule has 1 aromatic rings. The van der Waals surface area contributed by atoms with Crippen LogP contribution < -0.4 is 5.73 Å². The van der Waals surface area contributed by atoms with Crippen molar-refractivity contribution in [2.75, 3.05) is 0 Å². The molecule has 0 aliphatic rings. The number of nitrogens with two attached hydrogens (primary N) is 1. The molecule has 0 amide bonds. The fourth-order valence-electron chi connectivity index (χ4n) is 1.42. The lowest BCUT2D eigenvalue weighted by atomic mass is 10.00. The minimum atomic E-state index is -0.476. The van der Waals surface area contributed by atoms with E-state index in [1.54, 1.807) is 0 Å². The van der Waals surface area contributed by atoms with Gasteiger partial charge < -0.3 is 5.73 Å². The Morgan fingerprint density at radius 1 is 1.40 bits per heavy atom. The molecular weight excluding hydrogens is 186 g/mol. The average Bonchev–Trinajstić information content (AvgIpc) is 2.29. The molecule has 0 fully saturated rings. The third-order valence-corrected chi connectivity index (χ3v) is 2.34. The summed E-state index contributed by atoms with van der Waals surface area (Å²) in [6.07, 6.45) is 4.06. The quantitative estimate of drug-likeness (QED) is 0.570. The highest BCUT2D eigenvalue weighted by Gasteiger charge is 2.13. The van der Waals surface area contributed by atoms with Crippen LogP contribution in [-0.2, 0) is 4.79 Å². The van der Waals surface area contributed by atoms with Crippen LogP contribution in [0.1, 0.15) is 30.9 Å². The van der Waals surface area contributed by atoms with E-state index in [-0.39, 0.29) is 5.78 Å². The molecule has 0 aliphatic carbocycles. The van der Waals surface area contributed by atoms with Crippen molar-refractivity contribution in [3.05, 3.63) is 48.6 Å². The predicted octanol–water partition coefficient (Wildman–Crippen LogP) is 2.61. The summed E-state index contributed by atoms with van der Waals surface area (Å²) in [5.41, 5.74) is 6.74. The van der Waals surface area contributed by atoms with E-state index >= 15 is 0 Å². The number of carbonyl (C=O) groups excluding carboxylic acids is 1. The summed E-state index contributed by atoms with van der Waals surface area (Å²) in [4.78, 5) is 11.7. The highest BCUT2D eigenvalue weighted by atomic mass is 16.1. The molecule has 80 valence electrons. The first-order valence-electron chi connectivity index (χ1n) is 5.20. The molecule has 15 heavy (non-hydrogen) atoms. The molecule has 1 unspecified atom stereocenters. The van der Waals surface area contributed by atoms with Gasteiger partial charge in [0.05, 0.1) is 6.04 Å². The Labute approximate surface area is 90.8 Å². The van der Waals surface area contributed by atoms with Gasteiger partial charge in [-0.05, 0) is 18.4 Å². The van der Waals surface area contributed by atoms with E-state index in [1.165, 1.54) is 0 Å². The van der Waals surface area contributed by atoms with Gasteiger partial charge in [0.15, 0.2) is 5.78 Å². The van der Waals surface area contributed by atoms with E-state index in [4.69, 9.17) is 5.73 Å². The molecule has 1 aromatic carbocycles. The lowest BCUT2D eigenvalue weighted by Gasteiger charge is -2.10. The molecule has 1 rings (SSSR count). The molecule has 0 saturated heterocycles. The van der Waals surface area contributed by atoms with Crippen LogP contribution in [0.4, 0.5) is 0 Å². The van der Waals surface area contributed by atoms with Crippen LogP contribution in [0.3, 0.4) is 0 Å². The molecule has 0 aromatic heterocycles. The number of allylic oxidation sites excluding steroid dienone is 1. The van der Waals surface area contributed by atoms with Gasteiger partial charge in [0.1, 0.15) is 0 Å². The maximum atomic E-state index is 11.7. The highest BCUT2D eigenvalue weighted by Crippen LogP contribution is 2.13. The van der Waals surface area contributed by atoms with Crippen molar-refractivity contribution < 1.29 is 4.79 Å². The highest BCUT2D eigenvalue weighted by molar-refractivity contribution is 5.85. The number of unbranched alkanes of at least 4 members (excludes halogenated alkanes) is 1. The maximum Gasteiger partial charge on any atom is 0.154 e. The van der Waals surface area contributed by atoms with Crippen molar-refractivity contribution in [1.82, 2.24) is 0 Å². The Bertz CT molecular complexity index is 319. The van der Waals surface area contributed by atoms with E-state index in [0.717, 1.165) is 18.4 Å². The number of Topliss-reactive ketones (excluding diaryl/α,β-unsaturated/α-hetero) is 1. The first-order valence-corrected chi connectivity index (χ1v) is 5.20. The van der Waals surface area contributed by atoms with Crippen LogP contribution in [0, 0.1) is 0 Å². The summed E-state index contributed by atoms with van der Waals surface area (Å²) in [7, 11) is 0. The maximum absolute atomic E-state index is 11.7. The monoisotopic (exact) mass is 203 g/mol. The second-order valence-corrected chi connectivity index (χ2v) is 3.54. The first-order chi connectivity index (χ1) is 7.25. The van der Waals surface area contributed by atoms with Gasteiger partial charge in [-0.2, -0.15) is 0 Å². The van der Waals surface area contributed by atoms with Crippen molar-refractivity contribution in [2.45, 2.75) is 25.3 Å². The van der Waals surface area contributed by atoms with Gasteiger partial charge in [-0.3, -0.25) is 4.79 Å². The van der Waals surface area contributed by atoms with E-state index in [0.29, 0.717) is 6.42 Å². The molecule has 0 bridgehead atoms. The number of hydrogen-bond acceptors (Lipinski definition) is 2. The van der Waals surface area contributed by atoms with Crippen LogP contribution in [0.25, 0.3) is 0 Å². The Hall–Kier alpha value is -1.41. The number of hydrogen-bond donors (Lipinski definition) is 1. The standard InChI is InChI=1S/C13H17NO/c1-2-3-5-10-12(15)13(14)11-8-6-4-7-9-11/h2,4,6-9,13H,1,3,5,10,14H2. The minimum Gasteiger partial charge on any atom is -0.318 e. The first kappa shape index (κ1) is 11.7. The fraction of sp³-hybridized carbons (Fsp3) is 0.308. The number of ketones is 1. The second-order valence-electron chi connectivity index (χ2n) is 3.54. The van der Waals surface area contributed by atoms with Gasteiger partial charge in [0.25, 0.3) is 0 Å². The molecule has 0 radical (unpaired) electrons. The zero-order valence-corrected chi connectivity index (χ0v) is 8.86. The van der Waals surface area contributed by atoms with Crippen molar-refractivity contribution in [3.63, 3.8) is 0 Å².